The molecular formula is C18H23F3N6O2. The van der Waals surface area contributed by atoms with Gasteiger partial charge in [-0.2, -0.15) is 23.1 Å². The number of hydrogen-bond acceptors (Lipinski definition) is 8. The van der Waals surface area contributed by atoms with E-state index in [9.17, 15) is 18.3 Å². The molecule has 2 rings (SSSR count). The van der Waals surface area contributed by atoms with Crippen molar-refractivity contribution in [1.29, 1.82) is 0 Å². The number of aromatic hydroxyl groups is 1. The fraction of sp³-hybridized carbons (Fsp3) is 0.444. The number of alkyl halides is 3. The standard InChI is InChI=1S/C18H23F3N6O2/c1-11(8-26(3)4)27(5)9-13(22-2)15-14-12(6-7-23-15)16(28)25-17(24-14)29-10-18(19,20)21/h6-7,9,11H,2,8,10H2,1,3-5H3,(H,24,25,28)/b13-9-. The number of ether oxygens (including phenoxy) is 1. The number of aliphatic imine (C=N–C) groups is 1. The molecule has 0 aromatic carbocycles. The van der Waals surface area contributed by atoms with E-state index < -0.39 is 24.7 Å². The Kier molecular flexibility index (Phi) is 6.96. The van der Waals surface area contributed by atoms with Gasteiger partial charge in [0.15, 0.2) is 6.61 Å². The van der Waals surface area contributed by atoms with Crippen LogP contribution in [0.3, 0.4) is 0 Å². The highest BCUT2D eigenvalue weighted by Crippen LogP contribution is 2.29. The van der Waals surface area contributed by atoms with Gasteiger partial charge in [-0.3, -0.25) is 9.98 Å². The lowest BCUT2D eigenvalue weighted by Gasteiger charge is -2.26. The lowest BCUT2D eigenvalue weighted by atomic mass is 10.2. The van der Waals surface area contributed by atoms with Crippen molar-refractivity contribution in [3.8, 4) is 11.9 Å². The zero-order valence-corrected chi connectivity index (χ0v) is 16.6. The maximum Gasteiger partial charge on any atom is 0.422 e. The first-order valence-electron chi connectivity index (χ1n) is 8.62. The molecule has 8 nitrogen and oxygen atoms in total. The molecule has 11 heteroatoms. The van der Waals surface area contributed by atoms with Crippen molar-refractivity contribution >= 4 is 23.3 Å². The maximum atomic E-state index is 12.4. The lowest BCUT2D eigenvalue weighted by molar-refractivity contribution is -0.154. The quantitative estimate of drug-likeness (QED) is 0.667. The van der Waals surface area contributed by atoms with E-state index in [0.717, 1.165) is 6.54 Å². The van der Waals surface area contributed by atoms with Crippen molar-refractivity contribution in [1.82, 2.24) is 24.8 Å². The number of aromatic nitrogens is 3. The molecule has 1 N–H and O–H groups in total. The van der Waals surface area contributed by atoms with Crippen LogP contribution in [0.2, 0.25) is 0 Å². The predicted octanol–water partition coefficient (Wildman–Crippen LogP) is 2.55. The van der Waals surface area contributed by atoms with E-state index in [4.69, 9.17) is 0 Å². The first kappa shape index (κ1) is 22.3. The summed E-state index contributed by atoms with van der Waals surface area (Å²) in [5, 5.41) is 10.3. The highest BCUT2D eigenvalue weighted by atomic mass is 19.4. The van der Waals surface area contributed by atoms with Gasteiger partial charge in [0, 0.05) is 32.0 Å². The van der Waals surface area contributed by atoms with Crippen LogP contribution in [-0.4, -0.2) is 83.1 Å². The Morgan fingerprint density at radius 3 is 2.62 bits per heavy atom. The summed E-state index contributed by atoms with van der Waals surface area (Å²) in [7, 11) is 5.76. The molecule has 29 heavy (non-hydrogen) atoms. The minimum Gasteiger partial charge on any atom is -0.493 e. The van der Waals surface area contributed by atoms with Crippen molar-refractivity contribution in [2.24, 2.45) is 4.99 Å². The number of likely N-dealkylation sites (N-methyl/N-ethyl adjacent to an activating group) is 2. The minimum atomic E-state index is -4.56. The third kappa shape index (κ3) is 6.01. The molecule has 0 saturated carbocycles. The summed E-state index contributed by atoms with van der Waals surface area (Å²) in [6.07, 6.45) is -1.44. The van der Waals surface area contributed by atoms with Gasteiger partial charge in [0.2, 0.25) is 5.88 Å². The molecule has 0 amide bonds. The molecule has 158 valence electrons. The first-order chi connectivity index (χ1) is 13.5. The second kappa shape index (κ2) is 9.03. The highest BCUT2D eigenvalue weighted by Gasteiger charge is 2.29. The van der Waals surface area contributed by atoms with Crippen LogP contribution in [0.4, 0.5) is 13.2 Å². The average molecular weight is 412 g/mol. The highest BCUT2D eigenvalue weighted by molar-refractivity contribution is 5.92. The molecule has 1 unspecified atom stereocenters. The zero-order valence-electron chi connectivity index (χ0n) is 16.6. The Hall–Kier alpha value is -2.95. The van der Waals surface area contributed by atoms with Gasteiger partial charge in [-0.25, -0.2) is 0 Å². The monoisotopic (exact) mass is 412 g/mol. The summed E-state index contributed by atoms with van der Waals surface area (Å²) in [6, 6.07) is 0.964. The number of pyridine rings is 1. The van der Waals surface area contributed by atoms with Gasteiger partial charge < -0.3 is 19.6 Å². The van der Waals surface area contributed by atoms with Crippen molar-refractivity contribution in [3.05, 3.63) is 24.2 Å². The van der Waals surface area contributed by atoms with E-state index >= 15 is 0 Å². The summed E-state index contributed by atoms with van der Waals surface area (Å²) in [5.74, 6) is -0.520. The van der Waals surface area contributed by atoms with E-state index in [0.29, 0.717) is 5.70 Å². The Morgan fingerprint density at radius 1 is 1.34 bits per heavy atom. The molecule has 0 bridgehead atoms. The van der Waals surface area contributed by atoms with Crippen LogP contribution >= 0.6 is 0 Å². The Balaban J connectivity index is 2.48. The Morgan fingerprint density at radius 2 is 2.03 bits per heavy atom. The number of nitrogens with zero attached hydrogens (tertiary/aromatic N) is 6. The SMILES string of the molecule is C=N/C(=C\N(C)C(C)CN(C)C)c1nccc2c(O)nc(OCC(F)(F)F)nc12. The fourth-order valence-electron chi connectivity index (χ4n) is 2.57. The third-order valence-electron chi connectivity index (χ3n) is 4.00. The molecule has 2 aromatic heterocycles. The molecule has 0 fully saturated rings. The number of hydrogen-bond donors (Lipinski definition) is 1. The third-order valence-corrected chi connectivity index (χ3v) is 4.00. The molecule has 0 radical (unpaired) electrons. The average Bonchev–Trinajstić information content (AvgIpc) is 2.63. The summed E-state index contributed by atoms with van der Waals surface area (Å²) >= 11 is 0. The summed E-state index contributed by atoms with van der Waals surface area (Å²) in [6.45, 7) is 4.76. The summed E-state index contributed by atoms with van der Waals surface area (Å²) in [5.41, 5.74) is 0.670. The minimum absolute atomic E-state index is 0.101. The zero-order chi connectivity index (χ0) is 21.8. The van der Waals surface area contributed by atoms with E-state index in [1.165, 1.54) is 12.3 Å². The molecule has 0 spiro atoms. The fourth-order valence-corrected chi connectivity index (χ4v) is 2.57. The molecule has 0 saturated heterocycles. The van der Waals surface area contributed by atoms with Crippen LogP contribution in [0, 0.1) is 0 Å². The van der Waals surface area contributed by atoms with Crippen molar-refractivity contribution < 1.29 is 23.0 Å². The largest absolute Gasteiger partial charge is 0.493 e. The van der Waals surface area contributed by atoms with Gasteiger partial charge in [0.25, 0.3) is 0 Å². The summed E-state index contributed by atoms with van der Waals surface area (Å²) < 4.78 is 41.9. The van der Waals surface area contributed by atoms with Crippen LogP contribution in [0.15, 0.2) is 23.5 Å². The molecule has 2 heterocycles. The predicted molar refractivity (Wildman–Crippen MR) is 104 cm³/mol. The second-order valence-corrected chi connectivity index (χ2v) is 6.74. The lowest BCUT2D eigenvalue weighted by Crippen LogP contribution is -2.34. The molecule has 0 aliphatic rings. The number of fused-ring (bicyclic) bond motifs is 1. The van der Waals surface area contributed by atoms with E-state index in [1.54, 1.807) is 6.20 Å². The smallest absolute Gasteiger partial charge is 0.422 e. The topological polar surface area (TPSA) is 87.0 Å². The number of halogens is 3. The van der Waals surface area contributed by atoms with Crippen LogP contribution in [-0.2, 0) is 0 Å². The van der Waals surface area contributed by atoms with Crippen LogP contribution in [0.1, 0.15) is 12.6 Å². The van der Waals surface area contributed by atoms with Gasteiger partial charge in [0.1, 0.15) is 16.9 Å². The molecular weight excluding hydrogens is 389 g/mol. The van der Waals surface area contributed by atoms with E-state index in [2.05, 4.69) is 31.4 Å². The Labute approximate surface area is 166 Å². The molecule has 2 aromatic rings. The summed E-state index contributed by atoms with van der Waals surface area (Å²) in [4.78, 5) is 19.7. The van der Waals surface area contributed by atoms with Gasteiger partial charge in [-0.15, -0.1) is 0 Å². The Bertz CT molecular complexity index is 901. The molecule has 0 aliphatic carbocycles. The number of rotatable bonds is 8. The van der Waals surface area contributed by atoms with Crippen molar-refractivity contribution in [2.75, 3.05) is 34.3 Å². The van der Waals surface area contributed by atoms with Crippen LogP contribution in [0.5, 0.6) is 11.9 Å². The molecule has 0 aliphatic heterocycles. The van der Waals surface area contributed by atoms with Gasteiger partial charge in [0.05, 0.1) is 5.39 Å². The van der Waals surface area contributed by atoms with E-state index in [1.807, 2.05) is 37.9 Å². The molecule has 1 atom stereocenters. The van der Waals surface area contributed by atoms with Crippen molar-refractivity contribution in [2.45, 2.75) is 19.1 Å². The van der Waals surface area contributed by atoms with Gasteiger partial charge >= 0.3 is 12.2 Å². The van der Waals surface area contributed by atoms with Gasteiger partial charge in [-0.1, -0.05) is 0 Å². The van der Waals surface area contributed by atoms with E-state index in [-0.39, 0.29) is 22.6 Å². The van der Waals surface area contributed by atoms with Crippen molar-refractivity contribution in [3.63, 3.8) is 0 Å². The van der Waals surface area contributed by atoms with Crippen LogP contribution in [0.25, 0.3) is 16.6 Å². The van der Waals surface area contributed by atoms with Gasteiger partial charge in [-0.05, 0) is 33.8 Å². The first-order valence-corrected chi connectivity index (χ1v) is 8.62. The van der Waals surface area contributed by atoms with Crippen LogP contribution < -0.4 is 4.74 Å². The second-order valence-electron chi connectivity index (χ2n) is 6.74. The normalized spacial score (nSPS) is 13.6. The maximum absolute atomic E-state index is 12.4.